The summed E-state index contributed by atoms with van der Waals surface area (Å²) in [5, 5.41) is 7.03. The van der Waals surface area contributed by atoms with Gasteiger partial charge in [0.15, 0.2) is 0 Å². The molecule has 92 valence electrons. The SMILES string of the molecule is CC(C(=O)Nc1cc(Cl)ccc1Cl)C1CNC1. The molecule has 0 saturated carbocycles. The van der Waals surface area contributed by atoms with Gasteiger partial charge in [0, 0.05) is 10.9 Å². The normalized spacial score (nSPS) is 17.4. The Bertz CT molecular complexity index is 433. The molecule has 2 rings (SSSR count). The Kier molecular flexibility index (Phi) is 3.92. The second-order valence-electron chi connectivity index (χ2n) is 4.32. The van der Waals surface area contributed by atoms with E-state index in [1.54, 1.807) is 18.2 Å². The molecule has 1 amide bonds. The third-order valence-electron chi connectivity index (χ3n) is 3.12. The summed E-state index contributed by atoms with van der Waals surface area (Å²) >= 11 is 11.8. The summed E-state index contributed by atoms with van der Waals surface area (Å²) in [6, 6.07) is 5.03. The molecule has 0 radical (unpaired) electrons. The Hall–Kier alpha value is -0.770. The highest BCUT2D eigenvalue weighted by Gasteiger charge is 2.28. The number of amides is 1. The van der Waals surface area contributed by atoms with Gasteiger partial charge in [-0.1, -0.05) is 30.1 Å². The lowest BCUT2D eigenvalue weighted by atomic mass is 9.88. The molecule has 1 saturated heterocycles. The second kappa shape index (κ2) is 5.25. The van der Waals surface area contributed by atoms with Gasteiger partial charge in [-0.25, -0.2) is 0 Å². The van der Waals surface area contributed by atoms with Crippen LogP contribution in [-0.2, 0) is 4.79 Å². The van der Waals surface area contributed by atoms with Crippen LogP contribution in [0.2, 0.25) is 10.0 Å². The fraction of sp³-hybridized carbons (Fsp3) is 0.417. The average Bonchev–Trinajstić information content (AvgIpc) is 2.21. The molecule has 1 aliphatic heterocycles. The average molecular weight is 273 g/mol. The molecule has 1 atom stereocenters. The van der Waals surface area contributed by atoms with Crippen LogP contribution in [0.1, 0.15) is 6.92 Å². The minimum absolute atomic E-state index is 0.0133. The molecule has 0 spiro atoms. The van der Waals surface area contributed by atoms with E-state index in [0.717, 1.165) is 13.1 Å². The molecule has 1 aromatic rings. The van der Waals surface area contributed by atoms with Gasteiger partial charge in [0.05, 0.1) is 10.7 Å². The first-order valence-corrected chi connectivity index (χ1v) is 6.30. The van der Waals surface area contributed by atoms with Crippen molar-refractivity contribution in [3.8, 4) is 0 Å². The quantitative estimate of drug-likeness (QED) is 0.889. The monoisotopic (exact) mass is 272 g/mol. The predicted molar refractivity (Wildman–Crippen MR) is 70.6 cm³/mol. The summed E-state index contributed by atoms with van der Waals surface area (Å²) in [4.78, 5) is 12.0. The topological polar surface area (TPSA) is 41.1 Å². The molecule has 2 N–H and O–H groups in total. The maximum atomic E-state index is 12.0. The highest BCUT2D eigenvalue weighted by atomic mass is 35.5. The van der Waals surface area contributed by atoms with Crippen molar-refractivity contribution >= 4 is 34.8 Å². The zero-order valence-corrected chi connectivity index (χ0v) is 11.0. The van der Waals surface area contributed by atoms with E-state index in [1.807, 2.05) is 6.92 Å². The summed E-state index contributed by atoms with van der Waals surface area (Å²) in [6.07, 6.45) is 0. The Morgan fingerprint density at radius 2 is 2.18 bits per heavy atom. The molecule has 0 aliphatic carbocycles. The van der Waals surface area contributed by atoms with Crippen molar-refractivity contribution in [3.05, 3.63) is 28.2 Å². The molecule has 0 bridgehead atoms. The number of carbonyl (C=O) groups excluding carboxylic acids is 1. The first-order chi connectivity index (χ1) is 8.08. The highest BCUT2D eigenvalue weighted by Crippen LogP contribution is 2.27. The van der Waals surface area contributed by atoms with Crippen molar-refractivity contribution in [2.75, 3.05) is 18.4 Å². The van der Waals surface area contributed by atoms with Crippen LogP contribution in [0.4, 0.5) is 5.69 Å². The zero-order valence-electron chi connectivity index (χ0n) is 9.47. The van der Waals surface area contributed by atoms with E-state index in [0.29, 0.717) is 21.7 Å². The van der Waals surface area contributed by atoms with Crippen LogP contribution < -0.4 is 10.6 Å². The maximum Gasteiger partial charge on any atom is 0.227 e. The number of benzene rings is 1. The smallest absolute Gasteiger partial charge is 0.227 e. The zero-order chi connectivity index (χ0) is 12.4. The van der Waals surface area contributed by atoms with E-state index >= 15 is 0 Å². The van der Waals surface area contributed by atoms with Gasteiger partial charge >= 0.3 is 0 Å². The molecule has 1 aliphatic rings. The fourth-order valence-corrected chi connectivity index (χ4v) is 2.06. The third-order valence-corrected chi connectivity index (χ3v) is 3.68. The molecule has 1 unspecified atom stereocenters. The van der Waals surface area contributed by atoms with Gasteiger partial charge in [0.25, 0.3) is 0 Å². The van der Waals surface area contributed by atoms with Crippen molar-refractivity contribution in [2.24, 2.45) is 11.8 Å². The van der Waals surface area contributed by atoms with Gasteiger partial charge in [0.2, 0.25) is 5.91 Å². The van der Waals surface area contributed by atoms with Crippen LogP contribution in [0.25, 0.3) is 0 Å². The first kappa shape index (κ1) is 12.7. The molecular formula is C12H14Cl2N2O. The molecule has 3 nitrogen and oxygen atoms in total. The van der Waals surface area contributed by atoms with Gasteiger partial charge in [-0.2, -0.15) is 0 Å². The van der Waals surface area contributed by atoms with E-state index in [-0.39, 0.29) is 11.8 Å². The molecule has 5 heteroatoms. The Morgan fingerprint density at radius 1 is 1.47 bits per heavy atom. The van der Waals surface area contributed by atoms with E-state index in [4.69, 9.17) is 23.2 Å². The van der Waals surface area contributed by atoms with Gasteiger partial charge in [-0.15, -0.1) is 0 Å². The summed E-state index contributed by atoms with van der Waals surface area (Å²) < 4.78 is 0. The molecule has 1 heterocycles. The third kappa shape index (κ3) is 2.92. The number of halogens is 2. The van der Waals surface area contributed by atoms with Crippen LogP contribution in [0.15, 0.2) is 18.2 Å². The van der Waals surface area contributed by atoms with Gasteiger partial charge in [-0.3, -0.25) is 4.79 Å². The number of rotatable bonds is 3. The number of hydrogen-bond acceptors (Lipinski definition) is 2. The second-order valence-corrected chi connectivity index (χ2v) is 5.16. The fourth-order valence-electron chi connectivity index (χ4n) is 1.72. The summed E-state index contributed by atoms with van der Waals surface area (Å²) in [5.74, 6) is 0.375. The highest BCUT2D eigenvalue weighted by molar-refractivity contribution is 6.35. The summed E-state index contributed by atoms with van der Waals surface area (Å²) in [5.41, 5.74) is 0.572. The molecule has 1 aromatic carbocycles. The van der Waals surface area contributed by atoms with Crippen molar-refractivity contribution in [1.29, 1.82) is 0 Å². The van der Waals surface area contributed by atoms with Crippen molar-refractivity contribution in [2.45, 2.75) is 6.92 Å². The van der Waals surface area contributed by atoms with Crippen molar-refractivity contribution < 1.29 is 4.79 Å². The van der Waals surface area contributed by atoms with E-state index in [1.165, 1.54) is 0 Å². The lowest BCUT2D eigenvalue weighted by Gasteiger charge is -2.31. The van der Waals surface area contributed by atoms with Crippen molar-refractivity contribution in [1.82, 2.24) is 5.32 Å². The van der Waals surface area contributed by atoms with Crippen LogP contribution in [-0.4, -0.2) is 19.0 Å². The Balaban J connectivity index is 2.04. The molecule has 1 fully saturated rings. The molecule has 17 heavy (non-hydrogen) atoms. The number of nitrogens with one attached hydrogen (secondary N) is 2. The van der Waals surface area contributed by atoms with Crippen LogP contribution in [0.5, 0.6) is 0 Å². The molecular weight excluding hydrogens is 259 g/mol. The number of hydrogen-bond donors (Lipinski definition) is 2. The summed E-state index contributed by atoms with van der Waals surface area (Å²) in [7, 11) is 0. The largest absolute Gasteiger partial charge is 0.324 e. The standard InChI is InChI=1S/C12H14Cl2N2O/c1-7(8-5-15-6-8)12(17)16-11-4-9(13)2-3-10(11)14/h2-4,7-8,15H,5-6H2,1H3,(H,16,17). The van der Waals surface area contributed by atoms with Crippen LogP contribution >= 0.6 is 23.2 Å². The first-order valence-electron chi connectivity index (χ1n) is 5.54. The van der Waals surface area contributed by atoms with E-state index in [2.05, 4.69) is 10.6 Å². The van der Waals surface area contributed by atoms with E-state index < -0.39 is 0 Å². The Labute approximate surface area is 110 Å². The predicted octanol–water partition coefficient (Wildman–Crippen LogP) is 2.79. The number of carbonyl (C=O) groups is 1. The van der Waals surface area contributed by atoms with E-state index in [9.17, 15) is 4.79 Å². The number of anilines is 1. The molecule has 0 aromatic heterocycles. The van der Waals surface area contributed by atoms with Gasteiger partial charge in [0.1, 0.15) is 0 Å². The minimum atomic E-state index is -0.0219. The van der Waals surface area contributed by atoms with Crippen LogP contribution in [0, 0.1) is 11.8 Å². The lowest BCUT2D eigenvalue weighted by molar-refractivity contribution is -0.121. The Morgan fingerprint density at radius 3 is 2.76 bits per heavy atom. The maximum absolute atomic E-state index is 12.0. The summed E-state index contributed by atoms with van der Waals surface area (Å²) in [6.45, 7) is 3.73. The van der Waals surface area contributed by atoms with Crippen molar-refractivity contribution in [3.63, 3.8) is 0 Å². The lowest BCUT2D eigenvalue weighted by Crippen LogP contribution is -2.48. The minimum Gasteiger partial charge on any atom is -0.324 e. The van der Waals surface area contributed by atoms with Crippen LogP contribution in [0.3, 0.4) is 0 Å². The van der Waals surface area contributed by atoms with Gasteiger partial charge in [-0.05, 0) is 37.2 Å². The van der Waals surface area contributed by atoms with Gasteiger partial charge < -0.3 is 10.6 Å².